The Morgan fingerprint density at radius 2 is 1.80 bits per heavy atom. The third-order valence-corrected chi connectivity index (χ3v) is 7.09. The van der Waals surface area contributed by atoms with E-state index in [4.69, 9.17) is 4.74 Å². The van der Waals surface area contributed by atoms with E-state index in [0.29, 0.717) is 11.8 Å². The molecule has 1 aliphatic rings. The molecule has 2 aromatic rings. The molecule has 162 valence electrons. The summed E-state index contributed by atoms with van der Waals surface area (Å²) in [5.41, 5.74) is 0.346. The minimum absolute atomic E-state index is 0.00769. The number of para-hydroxylation sites is 1. The van der Waals surface area contributed by atoms with Crippen molar-refractivity contribution in [3.63, 3.8) is 0 Å². The van der Waals surface area contributed by atoms with Gasteiger partial charge in [0, 0.05) is 23.5 Å². The number of hydrogen-bond donors (Lipinski definition) is 1. The molecular weight excluding hydrogens is 434 g/mol. The van der Waals surface area contributed by atoms with E-state index in [9.17, 15) is 22.0 Å². The van der Waals surface area contributed by atoms with Gasteiger partial charge >= 0.3 is 0 Å². The minimum Gasteiger partial charge on any atom is -0.373 e. The van der Waals surface area contributed by atoms with Gasteiger partial charge in [0.1, 0.15) is 0 Å². The summed E-state index contributed by atoms with van der Waals surface area (Å²) in [6.45, 7) is 4.05. The molecule has 0 spiro atoms. The number of rotatable bonds is 6. The van der Waals surface area contributed by atoms with E-state index in [2.05, 4.69) is 5.32 Å². The molecule has 0 bridgehead atoms. The van der Waals surface area contributed by atoms with Gasteiger partial charge in [0.2, 0.25) is 10.0 Å². The first-order chi connectivity index (χ1) is 14.2. The number of halogens is 2. The van der Waals surface area contributed by atoms with Crippen LogP contribution in [0.25, 0.3) is 0 Å². The summed E-state index contributed by atoms with van der Waals surface area (Å²) in [7, 11) is -3.81. The molecule has 0 aromatic heterocycles. The molecule has 2 aromatic carbocycles. The molecule has 1 aliphatic heterocycles. The van der Waals surface area contributed by atoms with E-state index in [0.717, 1.165) is 0 Å². The zero-order valence-electron chi connectivity index (χ0n) is 16.4. The molecule has 6 nitrogen and oxygen atoms in total. The first-order valence-corrected chi connectivity index (χ1v) is 11.6. The van der Waals surface area contributed by atoms with Gasteiger partial charge in [-0.2, -0.15) is 13.1 Å². The van der Waals surface area contributed by atoms with Crippen molar-refractivity contribution in [2.75, 3.05) is 18.4 Å². The van der Waals surface area contributed by atoms with Gasteiger partial charge in [-0.1, -0.05) is 30.0 Å². The van der Waals surface area contributed by atoms with E-state index in [1.165, 1.54) is 40.7 Å². The summed E-state index contributed by atoms with van der Waals surface area (Å²) >= 11 is 0.326. The standard InChI is InChI=1S/C20H22F2N2O4S2/c1-13-11-24(12-14(2)28-13)30(26,27)16-7-5-6-15(10-16)19(25)23-17-8-3-4-9-18(17)29-20(21)22/h3-10,13-14,20H,11-12H2,1-2H3,(H,23,25). The fourth-order valence-corrected chi connectivity index (χ4v) is 5.47. The van der Waals surface area contributed by atoms with Gasteiger partial charge in [-0.25, -0.2) is 8.42 Å². The van der Waals surface area contributed by atoms with Crippen LogP contribution >= 0.6 is 11.8 Å². The van der Waals surface area contributed by atoms with E-state index in [1.807, 2.05) is 0 Å². The highest BCUT2D eigenvalue weighted by Gasteiger charge is 2.32. The second-order valence-electron chi connectivity index (χ2n) is 6.94. The van der Waals surface area contributed by atoms with Gasteiger partial charge < -0.3 is 10.1 Å². The first-order valence-electron chi connectivity index (χ1n) is 9.27. The number of nitrogens with one attached hydrogen (secondary N) is 1. The first kappa shape index (κ1) is 22.7. The van der Waals surface area contributed by atoms with Gasteiger partial charge in [-0.05, 0) is 44.2 Å². The van der Waals surface area contributed by atoms with Gasteiger partial charge in [-0.3, -0.25) is 4.79 Å². The molecule has 2 unspecified atom stereocenters. The Morgan fingerprint density at radius 3 is 2.47 bits per heavy atom. The number of thioether (sulfide) groups is 1. The zero-order valence-corrected chi connectivity index (χ0v) is 18.1. The number of alkyl halides is 2. The summed E-state index contributed by atoms with van der Waals surface area (Å²) in [6, 6.07) is 11.9. The third kappa shape index (κ3) is 5.37. The molecule has 30 heavy (non-hydrogen) atoms. The van der Waals surface area contributed by atoms with Crippen LogP contribution < -0.4 is 5.32 Å². The van der Waals surface area contributed by atoms with Gasteiger partial charge in [0.15, 0.2) is 0 Å². The van der Waals surface area contributed by atoms with E-state index in [-0.39, 0.29) is 46.3 Å². The molecule has 10 heteroatoms. The van der Waals surface area contributed by atoms with Crippen molar-refractivity contribution in [3.8, 4) is 0 Å². The van der Waals surface area contributed by atoms with E-state index >= 15 is 0 Å². The average molecular weight is 457 g/mol. The van der Waals surface area contributed by atoms with E-state index in [1.54, 1.807) is 26.0 Å². The van der Waals surface area contributed by atoms with E-state index < -0.39 is 21.7 Å². The van der Waals surface area contributed by atoms with Crippen molar-refractivity contribution in [1.29, 1.82) is 0 Å². The SMILES string of the molecule is CC1CN(S(=O)(=O)c2cccc(C(=O)Nc3ccccc3SC(F)F)c2)CC(C)O1. The summed E-state index contributed by atoms with van der Waals surface area (Å²) in [5, 5.41) is 2.58. The third-order valence-electron chi connectivity index (χ3n) is 4.47. The Balaban J connectivity index is 1.83. The van der Waals surface area contributed by atoms with Crippen LogP contribution in [-0.4, -0.2) is 49.7 Å². The van der Waals surface area contributed by atoms with Gasteiger partial charge in [0.05, 0.1) is 22.8 Å². The summed E-state index contributed by atoms with van der Waals surface area (Å²) in [4.78, 5) is 12.9. The van der Waals surface area contributed by atoms with Crippen molar-refractivity contribution in [2.24, 2.45) is 0 Å². The highest BCUT2D eigenvalue weighted by atomic mass is 32.2. The molecular formula is C20H22F2N2O4S2. The average Bonchev–Trinajstić information content (AvgIpc) is 2.68. The largest absolute Gasteiger partial charge is 0.373 e. The molecule has 0 radical (unpaired) electrons. The fourth-order valence-electron chi connectivity index (χ4n) is 3.24. The number of benzene rings is 2. The Morgan fingerprint density at radius 1 is 1.13 bits per heavy atom. The summed E-state index contributed by atoms with van der Waals surface area (Å²) in [5.74, 6) is -3.21. The van der Waals surface area contributed by atoms with Crippen LogP contribution in [-0.2, 0) is 14.8 Å². The van der Waals surface area contributed by atoms with Crippen LogP contribution in [0, 0.1) is 0 Å². The lowest BCUT2D eigenvalue weighted by Crippen LogP contribution is -2.48. The molecule has 1 amide bonds. The number of ether oxygens (including phenoxy) is 1. The van der Waals surface area contributed by atoms with Crippen LogP contribution in [0.3, 0.4) is 0 Å². The molecule has 0 saturated carbocycles. The molecule has 2 atom stereocenters. The zero-order chi connectivity index (χ0) is 21.9. The lowest BCUT2D eigenvalue weighted by molar-refractivity contribution is -0.0440. The molecule has 1 fully saturated rings. The fraction of sp³-hybridized carbons (Fsp3) is 0.350. The maximum absolute atomic E-state index is 13.0. The van der Waals surface area contributed by atoms with Crippen LogP contribution in [0.15, 0.2) is 58.3 Å². The van der Waals surface area contributed by atoms with Crippen molar-refractivity contribution in [3.05, 3.63) is 54.1 Å². The monoisotopic (exact) mass is 456 g/mol. The Hall–Kier alpha value is -2.01. The van der Waals surface area contributed by atoms with Crippen molar-refractivity contribution >= 4 is 33.4 Å². The predicted molar refractivity (Wildman–Crippen MR) is 111 cm³/mol. The maximum Gasteiger partial charge on any atom is 0.288 e. The molecule has 1 heterocycles. The van der Waals surface area contributed by atoms with Crippen LogP contribution in [0.2, 0.25) is 0 Å². The highest BCUT2D eigenvalue weighted by molar-refractivity contribution is 7.99. The van der Waals surface area contributed by atoms with Crippen LogP contribution in [0.1, 0.15) is 24.2 Å². The summed E-state index contributed by atoms with van der Waals surface area (Å²) in [6.07, 6.45) is -0.474. The topological polar surface area (TPSA) is 75.7 Å². The Bertz CT molecular complexity index is 1010. The number of carbonyl (C=O) groups is 1. The van der Waals surface area contributed by atoms with Crippen molar-refractivity contribution in [1.82, 2.24) is 4.31 Å². The number of anilines is 1. The Labute approximate surface area is 178 Å². The second-order valence-corrected chi connectivity index (χ2v) is 9.91. The van der Waals surface area contributed by atoms with Crippen molar-refractivity contribution < 1.29 is 26.7 Å². The number of nitrogens with zero attached hydrogens (tertiary/aromatic N) is 1. The lowest BCUT2D eigenvalue weighted by atomic mass is 10.2. The van der Waals surface area contributed by atoms with Crippen molar-refractivity contribution in [2.45, 2.75) is 41.6 Å². The quantitative estimate of drug-likeness (QED) is 0.664. The maximum atomic E-state index is 13.0. The second kappa shape index (κ2) is 9.42. The number of sulfonamides is 1. The van der Waals surface area contributed by atoms with Gasteiger partial charge in [0.25, 0.3) is 11.7 Å². The Kier molecular flexibility index (Phi) is 7.12. The molecule has 1 saturated heterocycles. The van der Waals surface area contributed by atoms with Gasteiger partial charge in [-0.15, -0.1) is 0 Å². The number of amides is 1. The number of carbonyl (C=O) groups excluding carboxylic acids is 1. The lowest BCUT2D eigenvalue weighted by Gasteiger charge is -2.34. The minimum atomic E-state index is -3.81. The van der Waals surface area contributed by atoms with Crippen LogP contribution in [0.4, 0.5) is 14.5 Å². The smallest absolute Gasteiger partial charge is 0.288 e. The molecule has 0 aliphatic carbocycles. The number of hydrogen-bond acceptors (Lipinski definition) is 5. The molecule has 3 rings (SSSR count). The highest BCUT2D eigenvalue weighted by Crippen LogP contribution is 2.32. The number of morpholine rings is 1. The normalized spacial score (nSPS) is 20.3. The predicted octanol–water partition coefficient (Wildman–Crippen LogP) is 4.05. The van der Waals surface area contributed by atoms with Crippen LogP contribution in [0.5, 0.6) is 0 Å². The molecule has 1 N–H and O–H groups in total. The summed E-state index contributed by atoms with van der Waals surface area (Å²) < 4.78 is 58.5.